The Kier molecular flexibility index (Phi) is 5.93. The van der Waals surface area contributed by atoms with E-state index in [4.69, 9.17) is 4.74 Å². The van der Waals surface area contributed by atoms with E-state index in [2.05, 4.69) is 5.32 Å². The van der Waals surface area contributed by atoms with E-state index >= 15 is 0 Å². The highest BCUT2D eigenvalue weighted by Gasteiger charge is 2.25. The van der Waals surface area contributed by atoms with Crippen molar-refractivity contribution in [2.45, 2.75) is 18.6 Å². The Labute approximate surface area is 131 Å². The number of nitrogens with zero attached hydrogens (tertiary/aromatic N) is 1. The number of rotatable bonds is 7. The van der Waals surface area contributed by atoms with Gasteiger partial charge >= 0.3 is 0 Å². The number of carbonyl (C=O) groups is 1. The topological polar surface area (TPSA) is 75.7 Å². The highest BCUT2D eigenvalue weighted by atomic mass is 32.2. The maximum atomic E-state index is 12.2. The van der Waals surface area contributed by atoms with E-state index in [0.717, 1.165) is 12.8 Å². The van der Waals surface area contributed by atoms with Crippen LogP contribution in [-0.4, -0.2) is 52.0 Å². The van der Waals surface area contributed by atoms with Gasteiger partial charge in [-0.25, -0.2) is 12.7 Å². The molecule has 0 spiro atoms. The van der Waals surface area contributed by atoms with Crippen molar-refractivity contribution < 1.29 is 17.9 Å². The van der Waals surface area contributed by atoms with Crippen LogP contribution in [-0.2, 0) is 20.5 Å². The molecule has 1 heterocycles. The normalized spacial score (nSPS) is 15.9. The SMILES string of the molecule is COCCNC(=O)c1ccc(CS(=O)(=O)N2CCCC2)cc1. The summed E-state index contributed by atoms with van der Waals surface area (Å²) in [7, 11) is -1.68. The molecule has 1 fully saturated rings. The second-order valence-corrected chi connectivity index (χ2v) is 7.28. The zero-order valence-corrected chi connectivity index (χ0v) is 13.6. The van der Waals surface area contributed by atoms with E-state index in [0.29, 0.717) is 37.4 Å². The van der Waals surface area contributed by atoms with Gasteiger partial charge in [0.2, 0.25) is 10.0 Å². The average molecular weight is 326 g/mol. The molecule has 7 heteroatoms. The second kappa shape index (κ2) is 7.71. The first kappa shape index (κ1) is 16.9. The summed E-state index contributed by atoms with van der Waals surface area (Å²) in [4.78, 5) is 11.8. The maximum Gasteiger partial charge on any atom is 0.251 e. The molecular formula is C15H22N2O4S. The number of nitrogens with one attached hydrogen (secondary N) is 1. The summed E-state index contributed by atoms with van der Waals surface area (Å²) in [5.41, 5.74) is 1.21. The number of benzene rings is 1. The molecule has 0 saturated carbocycles. The highest BCUT2D eigenvalue weighted by Crippen LogP contribution is 2.17. The molecule has 1 aromatic carbocycles. The van der Waals surface area contributed by atoms with Gasteiger partial charge in [-0.05, 0) is 30.5 Å². The standard InChI is InChI=1S/C15H22N2O4S/c1-21-11-8-16-15(18)14-6-4-13(5-7-14)12-22(19,20)17-9-2-3-10-17/h4-7H,2-3,8-12H2,1H3,(H,16,18). The minimum absolute atomic E-state index is 0.0153. The summed E-state index contributed by atoms with van der Waals surface area (Å²) in [6.45, 7) is 2.13. The maximum absolute atomic E-state index is 12.2. The van der Waals surface area contributed by atoms with Gasteiger partial charge in [0.05, 0.1) is 12.4 Å². The zero-order valence-electron chi connectivity index (χ0n) is 12.7. The molecule has 6 nitrogen and oxygen atoms in total. The lowest BCUT2D eigenvalue weighted by Gasteiger charge is -2.15. The minimum Gasteiger partial charge on any atom is -0.383 e. The third-order valence-corrected chi connectivity index (χ3v) is 5.47. The molecule has 1 saturated heterocycles. The lowest BCUT2D eigenvalue weighted by atomic mass is 10.1. The van der Waals surface area contributed by atoms with E-state index in [1.54, 1.807) is 35.7 Å². The van der Waals surface area contributed by atoms with Crippen molar-refractivity contribution in [3.63, 3.8) is 0 Å². The Hall–Kier alpha value is -1.44. The molecule has 1 N–H and O–H groups in total. The van der Waals surface area contributed by atoms with Crippen molar-refractivity contribution in [3.8, 4) is 0 Å². The Bertz CT molecular complexity index is 592. The van der Waals surface area contributed by atoms with Gasteiger partial charge in [-0.3, -0.25) is 4.79 Å². The van der Waals surface area contributed by atoms with Gasteiger partial charge < -0.3 is 10.1 Å². The summed E-state index contributed by atoms with van der Waals surface area (Å²) in [5.74, 6) is -0.204. The fourth-order valence-corrected chi connectivity index (χ4v) is 4.00. The molecule has 1 aliphatic rings. The van der Waals surface area contributed by atoms with E-state index in [1.165, 1.54) is 0 Å². The number of methoxy groups -OCH3 is 1. The molecule has 1 aromatic rings. The van der Waals surface area contributed by atoms with Crippen molar-refractivity contribution in [3.05, 3.63) is 35.4 Å². The van der Waals surface area contributed by atoms with Crippen LogP contribution in [0.25, 0.3) is 0 Å². The monoisotopic (exact) mass is 326 g/mol. The van der Waals surface area contributed by atoms with Crippen LogP contribution in [0.5, 0.6) is 0 Å². The number of carbonyl (C=O) groups excluding carboxylic acids is 1. The van der Waals surface area contributed by atoms with Crippen molar-refractivity contribution in [1.29, 1.82) is 0 Å². The Morgan fingerprint density at radius 3 is 2.45 bits per heavy atom. The van der Waals surface area contributed by atoms with E-state index < -0.39 is 10.0 Å². The molecule has 1 aliphatic heterocycles. The number of hydrogen-bond donors (Lipinski definition) is 1. The molecule has 1 amide bonds. The van der Waals surface area contributed by atoms with Gasteiger partial charge in [0.1, 0.15) is 0 Å². The molecular weight excluding hydrogens is 304 g/mol. The number of sulfonamides is 1. The minimum atomic E-state index is -3.25. The van der Waals surface area contributed by atoms with Crippen LogP contribution in [0.15, 0.2) is 24.3 Å². The predicted molar refractivity (Wildman–Crippen MR) is 84.1 cm³/mol. The van der Waals surface area contributed by atoms with Gasteiger partial charge in [-0.2, -0.15) is 0 Å². The quantitative estimate of drug-likeness (QED) is 0.758. The first-order valence-corrected chi connectivity index (χ1v) is 8.98. The van der Waals surface area contributed by atoms with Crippen molar-refractivity contribution in [2.24, 2.45) is 0 Å². The van der Waals surface area contributed by atoms with Crippen LogP contribution < -0.4 is 5.32 Å². The third-order valence-electron chi connectivity index (χ3n) is 3.62. The summed E-state index contributed by atoms with van der Waals surface area (Å²) in [5, 5.41) is 2.72. The summed E-state index contributed by atoms with van der Waals surface area (Å²) < 4.78 is 30.9. The zero-order chi connectivity index (χ0) is 16.0. The Morgan fingerprint density at radius 2 is 1.86 bits per heavy atom. The van der Waals surface area contributed by atoms with Crippen LogP contribution in [0, 0.1) is 0 Å². The van der Waals surface area contributed by atoms with Crippen LogP contribution in [0.1, 0.15) is 28.8 Å². The van der Waals surface area contributed by atoms with Crippen molar-refractivity contribution in [2.75, 3.05) is 33.4 Å². The summed E-state index contributed by atoms with van der Waals surface area (Å²) in [6.07, 6.45) is 1.86. The van der Waals surface area contributed by atoms with E-state index in [-0.39, 0.29) is 11.7 Å². The first-order chi connectivity index (χ1) is 10.5. The van der Waals surface area contributed by atoms with E-state index in [1.807, 2.05) is 0 Å². The second-order valence-electron chi connectivity index (χ2n) is 5.31. The van der Waals surface area contributed by atoms with E-state index in [9.17, 15) is 13.2 Å². The molecule has 0 bridgehead atoms. The van der Waals surface area contributed by atoms with Gasteiger partial charge in [0.15, 0.2) is 0 Å². The Morgan fingerprint density at radius 1 is 1.23 bits per heavy atom. The Balaban J connectivity index is 1.95. The van der Waals surface area contributed by atoms with Crippen molar-refractivity contribution in [1.82, 2.24) is 9.62 Å². The molecule has 122 valence electrons. The largest absolute Gasteiger partial charge is 0.383 e. The van der Waals surface area contributed by atoms with Gasteiger partial charge in [0, 0.05) is 32.3 Å². The highest BCUT2D eigenvalue weighted by molar-refractivity contribution is 7.88. The first-order valence-electron chi connectivity index (χ1n) is 7.37. The third kappa shape index (κ3) is 4.53. The van der Waals surface area contributed by atoms with Gasteiger partial charge in [-0.15, -0.1) is 0 Å². The predicted octanol–water partition coefficient (Wildman–Crippen LogP) is 0.988. The fourth-order valence-electron chi connectivity index (χ4n) is 2.39. The molecule has 0 atom stereocenters. The number of hydrogen-bond acceptors (Lipinski definition) is 4. The molecule has 22 heavy (non-hydrogen) atoms. The number of amides is 1. The lowest BCUT2D eigenvalue weighted by Crippen LogP contribution is -2.29. The summed E-state index contributed by atoms with van der Waals surface area (Å²) in [6, 6.07) is 6.69. The van der Waals surface area contributed by atoms with Crippen LogP contribution >= 0.6 is 0 Å². The van der Waals surface area contributed by atoms with Crippen LogP contribution in [0.2, 0.25) is 0 Å². The lowest BCUT2D eigenvalue weighted by molar-refractivity contribution is 0.0937. The number of ether oxygens (including phenoxy) is 1. The fraction of sp³-hybridized carbons (Fsp3) is 0.533. The van der Waals surface area contributed by atoms with Gasteiger partial charge in [-0.1, -0.05) is 12.1 Å². The molecule has 0 aliphatic carbocycles. The molecule has 0 unspecified atom stereocenters. The molecule has 0 radical (unpaired) electrons. The summed E-state index contributed by atoms with van der Waals surface area (Å²) >= 11 is 0. The molecule has 2 rings (SSSR count). The van der Waals surface area contributed by atoms with Gasteiger partial charge in [0.25, 0.3) is 5.91 Å². The molecule has 0 aromatic heterocycles. The average Bonchev–Trinajstić information content (AvgIpc) is 3.03. The van der Waals surface area contributed by atoms with Crippen LogP contribution in [0.3, 0.4) is 0 Å². The van der Waals surface area contributed by atoms with Crippen LogP contribution in [0.4, 0.5) is 0 Å². The smallest absolute Gasteiger partial charge is 0.251 e. The van der Waals surface area contributed by atoms with Crippen molar-refractivity contribution >= 4 is 15.9 Å².